The average molecular weight is 256 g/mol. The molecule has 2 bridgehead atoms. The molecule has 2 rings (SSSR count). The van der Waals surface area contributed by atoms with E-state index in [1.54, 1.807) is 0 Å². The fraction of sp³-hybridized carbons (Fsp3) is 0.923. The molecule has 2 fully saturated rings. The Hall–Kier alpha value is -0.810. The van der Waals surface area contributed by atoms with E-state index in [-0.39, 0.29) is 12.1 Å². The van der Waals surface area contributed by atoms with Crippen molar-refractivity contribution in [2.75, 3.05) is 20.3 Å². The summed E-state index contributed by atoms with van der Waals surface area (Å²) >= 11 is 0. The zero-order valence-electron chi connectivity index (χ0n) is 11.7. The van der Waals surface area contributed by atoms with E-state index in [1.165, 1.54) is 0 Å². The number of amides is 1. The lowest BCUT2D eigenvalue weighted by Gasteiger charge is -2.46. The Morgan fingerprint density at radius 2 is 1.83 bits per heavy atom. The number of hydrogen-bond donors (Lipinski definition) is 1. The number of piperidine rings is 1. The first-order valence-corrected chi connectivity index (χ1v) is 6.64. The minimum absolute atomic E-state index is 0.204. The predicted octanol–water partition coefficient (Wildman–Crippen LogP) is 1.37. The molecule has 0 spiro atoms. The fourth-order valence-corrected chi connectivity index (χ4v) is 2.69. The van der Waals surface area contributed by atoms with Crippen molar-refractivity contribution in [2.45, 2.75) is 57.3 Å². The highest BCUT2D eigenvalue weighted by Gasteiger charge is 2.37. The van der Waals surface area contributed by atoms with E-state index in [9.17, 15) is 4.79 Å². The molecule has 2 unspecified atom stereocenters. The van der Waals surface area contributed by atoms with Gasteiger partial charge in [0.1, 0.15) is 5.60 Å². The number of ether oxygens (including phenoxy) is 2. The van der Waals surface area contributed by atoms with E-state index in [0.717, 1.165) is 26.1 Å². The summed E-state index contributed by atoms with van der Waals surface area (Å²) in [6, 6.07) is 1.03. The number of likely N-dealkylation sites (N-methyl/N-ethyl adjacent to an activating group) is 1. The van der Waals surface area contributed by atoms with E-state index in [0.29, 0.717) is 12.1 Å². The maximum absolute atomic E-state index is 11.7. The number of nitrogens with zero attached hydrogens (tertiary/aromatic N) is 1. The van der Waals surface area contributed by atoms with Gasteiger partial charge in [-0.3, -0.25) is 4.90 Å². The third-order valence-corrected chi connectivity index (χ3v) is 3.61. The number of hydrogen-bond acceptors (Lipinski definition) is 4. The van der Waals surface area contributed by atoms with E-state index < -0.39 is 5.60 Å². The summed E-state index contributed by atoms with van der Waals surface area (Å²) in [4.78, 5) is 14.1. The molecular weight excluding hydrogens is 232 g/mol. The topological polar surface area (TPSA) is 50.8 Å². The van der Waals surface area contributed by atoms with Crippen LogP contribution < -0.4 is 5.32 Å². The minimum atomic E-state index is -0.436. The SMILES string of the molecule is CN1C2COCC1CC(NC(=O)OC(C)(C)C)C2. The first-order valence-electron chi connectivity index (χ1n) is 6.64. The molecule has 0 aromatic rings. The van der Waals surface area contributed by atoms with Crippen LogP contribution in [0.3, 0.4) is 0 Å². The fourth-order valence-electron chi connectivity index (χ4n) is 2.69. The highest BCUT2D eigenvalue weighted by atomic mass is 16.6. The second-order valence-corrected chi connectivity index (χ2v) is 6.33. The van der Waals surface area contributed by atoms with Crippen molar-refractivity contribution < 1.29 is 14.3 Å². The maximum atomic E-state index is 11.7. The lowest BCUT2D eigenvalue weighted by molar-refractivity contribution is -0.0682. The number of morpholine rings is 1. The molecule has 2 atom stereocenters. The van der Waals surface area contributed by atoms with Crippen LogP contribution in [0.1, 0.15) is 33.6 Å². The van der Waals surface area contributed by atoms with Gasteiger partial charge >= 0.3 is 6.09 Å². The zero-order chi connectivity index (χ0) is 13.3. The summed E-state index contributed by atoms with van der Waals surface area (Å²) in [6.45, 7) is 7.16. The molecule has 1 N–H and O–H groups in total. The van der Waals surface area contributed by atoms with Crippen molar-refractivity contribution in [3.05, 3.63) is 0 Å². The summed E-state index contributed by atoms with van der Waals surface area (Å²) in [6.07, 6.45) is 1.56. The average Bonchev–Trinajstić information content (AvgIpc) is 2.16. The molecule has 0 aromatic heterocycles. The number of rotatable bonds is 1. The Morgan fingerprint density at radius 3 is 2.33 bits per heavy atom. The molecule has 2 saturated heterocycles. The molecule has 2 aliphatic rings. The number of alkyl carbamates (subject to hydrolysis) is 1. The lowest BCUT2D eigenvalue weighted by Crippen LogP contribution is -2.59. The second-order valence-electron chi connectivity index (χ2n) is 6.33. The highest BCUT2D eigenvalue weighted by molar-refractivity contribution is 5.68. The van der Waals surface area contributed by atoms with Gasteiger partial charge in [-0.15, -0.1) is 0 Å². The summed E-state index contributed by atoms with van der Waals surface area (Å²) in [5, 5.41) is 2.98. The Labute approximate surface area is 109 Å². The third-order valence-electron chi connectivity index (χ3n) is 3.61. The molecule has 0 radical (unpaired) electrons. The first-order chi connectivity index (χ1) is 8.35. The third kappa shape index (κ3) is 3.36. The van der Waals surface area contributed by atoms with E-state index >= 15 is 0 Å². The van der Waals surface area contributed by atoms with Crippen LogP contribution >= 0.6 is 0 Å². The number of nitrogens with one attached hydrogen (secondary N) is 1. The van der Waals surface area contributed by atoms with Crippen molar-refractivity contribution in [3.8, 4) is 0 Å². The molecule has 5 nitrogen and oxygen atoms in total. The minimum Gasteiger partial charge on any atom is -0.444 e. The summed E-state index contributed by atoms with van der Waals surface area (Å²) in [7, 11) is 2.14. The van der Waals surface area contributed by atoms with E-state index in [2.05, 4.69) is 17.3 Å². The van der Waals surface area contributed by atoms with Crippen LogP contribution in [0.15, 0.2) is 0 Å². The van der Waals surface area contributed by atoms with Gasteiger partial charge in [-0.05, 0) is 40.7 Å². The standard InChI is InChI=1S/C13H24N2O3/c1-13(2,3)18-12(16)14-9-5-10-7-17-8-11(6-9)15(10)4/h9-11H,5-8H2,1-4H3,(H,14,16). The van der Waals surface area contributed by atoms with Gasteiger partial charge < -0.3 is 14.8 Å². The monoisotopic (exact) mass is 256 g/mol. The van der Waals surface area contributed by atoms with Crippen LogP contribution in [0.25, 0.3) is 0 Å². The van der Waals surface area contributed by atoms with Crippen LogP contribution in [-0.2, 0) is 9.47 Å². The molecule has 0 saturated carbocycles. The van der Waals surface area contributed by atoms with Gasteiger partial charge in [0.15, 0.2) is 0 Å². The molecule has 1 amide bonds. The molecule has 0 aromatic carbocycles. The van der Waals surface area contributed by atoms with Gasteiger partial charge in [0.25, 0.3) is 0 Å². The zero-order valence-corrected chi connectivity index (χ0v) is 11.7. The van der Waals surface area contributed by atoms with Crippen LogP contribution in [0.4, 0.5) is 4.79 Å². The lowest BCUT2D eigenvalue weighted by atomic mass is 9.91. The summed E-state index contributed by atoms with van der Waals surface area (Å²) < 4.78 is 10.8. The van der Waals surface area contributed by atoms with Crippen molar-refractivity contribution in [2.24, 2.45) is 0 Å². The molecule has 2 heterocycles. The van der Waals surface area contributed by atoms with Gasteiger partial charge in [-0.2, -0.15) is 0 Å². The Balaban J connectivity index is 1.86. The van der Waals surface area contributed by atoms with Crippen LogP contribution in [0.5, 0.6) is 0 Å². The first kappa shape index (κ1) is 13.6. The van der Waals surface area contributed by atoms with Crippen molar-refractivity contribution in [1.29, 1.82) is 0 Å². The molecule has 18 heavy (non-hydrogen) atoms. The Bertz CT molecular complexity index is 300. The predicted molar refractivity (Wildman–Crippen MR) is 68.5 cm³/mol. The molecule has 5 heteroatoms. The van der Waals surface area contributed by atoms with Gasteiger partial charge in [0.2, 0.25) is 0 Å². The van der Waals surface area contributed by atoms with Crippen LogP contribution in [-0.4, -0.2) is 55.0 Å². The smallest absolute Gasteiger partial charge is 0.407 e. The molecular formula is C13H24N2O3. The normalized spacial score (nSPS) is 33.0. The van der Waals surface area contributed by atoms with Crippen molar-refractivity contribution in [3.63, 3.8) is 0 Å². The molecule has 104 valence electrons. The van der Waals surface area contributed by atoms with E-state index in [1.807, 2.05) is 20.8 Å². The molecule has 0 aliphatic carbocycles. The summed E-state index contributed by atoms with van der Waals surface area (Å²) in [5.41, 5.74) is -0.436. The van der Waals surface area contributed by atoms with Gasteiger partial charge in [-0.25, -0.2) is 4.79 Å². The van der Waals surface area contributed by atoms with Crippen molar-refractivity contribution >= 4 is 6.09 Å². The van der Waals surface area contributed by atoms with Gasteiger partial charge in [0.05, 0.1) is 13.2 Å². The van der Waals surface area contributed by atoms with E-state index in [4.69, 9.17) is 9.47 Å². The van der Waals surface area contributed by atoms with Crippen LogP contribution in [0.2, 0.25) is 0 Å². The Morgan fingerprint density at radius 1 is 1.28 bits per heavy atom. The van der Waals surface area contributed by atoms with Crippen molar-refractivity contribution in [1.82, 2.24) is 10.2 Å². The highest BCUT2D eigenvalue weighted by Crippen LogP contribution is 2.26. The Kier molecular flexibility index (Phi) is 3.82. The molecule has 2 aliphatic heterocycles. The number of carbonyl (C=O) groups excluding carboxylic acids is 1. The second kappa shape index (κ2) is 5.05. The van der Waals surface area contributed by atoms with Gasteiger partial charge in [-0.1, -0.05) is 0 Å². The number of carbonyl (C=O) groups is 1. The van der Waals surface area contributed by atoms with Crippen LogP contribution in [0, 0.1) is 0 Å². The summed E-state index contributed by atoms with van der Waals surface area (Å²) in [5.74, 6) is 0. The maximum Gasteiger partial charge on any atom is 0.407 e. The largest absolute Gasteiger partial charge is 0.444 e. The number of fused-ring (bicyclic) bond motifs is 2. The van der Waals surface area contributed by atoms with Gasteiger partial charge in [0, 0.05) is 18.1 Å². The quantitative estimate of drug-likeness (QED) is 0.770.